The van der Waals surface area contributed by atoms with E-state index in [4.69, 9.17) is 4.74 Å². The van der Waals surface area contributed by atoms with Crippen LogP contribution >= 0.6 is 0 Å². The fraction of sp³-hybridized carbons (Fsp3) is 0.304. The van der Waals surface area contributed by atoms with Crippen molar-refractivity contribution in [1.82, 2.24) is 5.01 Å². The molecule has 0 atom stereocenters. The quantitative estimate of drug-likeness (QED) is 0.714. The highest BCUT2D eigenvalue weighted by Gasteiger charge is 2.22. The van der Waals surface area contributed by atoms with Crippen molar-refractivity contribution in [2.45, 2.75) is 33.1 Å². The van der Waals surface area contributed by atoms with Gasteiger partial charge in [0.1, 0.15) is 0 Å². The maximum atomic E-state index is 12.3. The van der Waals surface area contributed by atoms with E-state index in [1.165, 1.54) is 5.01 Å². The average Bonchev–Trinajstić information content (AvgIpc) is 3.23. The van der Waals surface area contributed by atoms with Crippen LogP contribution in [-0.4, -0.2) is 41.7 Å². The van der Waals surface area contributed by atoms with Gasteiger partial charge in [-0.1, -0.05) is 48.0 Å². The monoisotopic (exact) mass is 407 g/mol. The van der Waals surface area contributed by atoms with Gasteiger partial charge in [-0.3, -0.25) is 14.4 Å². The Kier molecular flexibility index (Phi) is 6.95. The molecule has 156 valence electrons. The van der Waals surface area contributed by atoms with Gasteiger partial charge in [-0.05, 0) is 31.0 Å². The number of esters is 1. The fourth-order valence-corrected chi connectivity index (χ4v) is 3.17. The summed E-state index contributed by atoms with van der Waals surface area (Å²) in [6.45, 7) is 3.97. The molecule has 1 aliphatic heterocycles. The smallest absolute Gasteiger partial charge is 0.306 e. The molecule has 0 saturated carbocycles. The molecule has 0 aromatic heterocycles. The molecule has 3 rings (SSSR count). The second-order valence-corrected chi connectivity index (χ2v) is 7.21. The highest BCUT2D eigenvalue weighted by atomic mass is 16.5. The largest absolute Gasteiger partial charge is 0.456 e. The lowest BCUT2D eigenvalue weighted by molar-refractivity contribution is -0.148. The van der Waals surface area contributed by atoms with Crippen molar-refractivity contribution < 1.29 is 19.1 Å². The zero-order valence-electron chi connectivity index (χ0n) is 17.2. The van der Waals surface area contributed by atoms with E-state index < -0.39 is 11.9 Å². The van der Waals surface area contributed by atoms with E-state index in [1.807, 2.05) is 62.4 Å². The zero-order valence-corrected chi connectivity index (χ0v) is 17.2. The lowest BCUT2D eigenvalue weighted by Gasteiger charge is -2.11. The topological polar surface area (TPSA) is 88.1 Å². The molecule has 2 aromatic carbocycles. The van der Waals surface area contributed by atoms with E-state index in [2.05, 4.69) is 10.4 Å². The molecule has 30 heavy (non-hydrogen) atoms. The summed E-state index contributed by atoms with van der Waals surface area (Å²) in [6, 6.07) is 15.3. The van der Waals surface area contributed by atoms with E-state index in [9.17, 15) is 14.4 Å². The first-order chi connectivity index (χ1) is 14.4. The Morgan fingerprint density at radius 1 is 1.07 bits per heavy atom. The molecule has 2 amide bonds. The average molecular weight is 407 g/mol. The van der Waals surface area contributed by atoms with Crippen LogP contribution in [0.3, 0.4) is 0 Å². The molecule has 0 unspecified atom stereocenters. The number of hydrogen-bond donors (Lipinski definition) is 1. The highest BCUT2D eigenvalue weighted by Crippen LogP contribution is 2.16. The minimum Gasteiger partial charge on any atom is -0.456 e. The second-order valence-electron chi connectivity index (χ2n) is 7.21. The summed E-state index contributed by atoms with van der Waals surface area (Å²) in [6.07, 6.45) is 0.574. The number of aryl methyl sites for hydroxylation is 2. The van der Waals surface area contributed by atoms with Crippen LogP contribution in [0.4, 0.5) is 5.69 Å². The molecule has 0 fully saturated rings. The van der Waals surface area contributed by atoms with Crippen LogP contribution in [0.1, 0.15) is 36.0 Å². The number of carbonyl (C=O) groups is 3. The van der Waals surface area contributed by atoms with Crippen LogP contribution in [0.25, 0.3) is 0 Å². The Morgan fingerprint density at radius 2 is 1.83 bits per heavy atom. The summed E-state index contributed by atoms with van der Waals surface area (Å²) in [5, 5.41) is 8.46. The third kappa shape index (κ3) is 5.76. The van der Waals surface area contributed by atoms with Crippen LogP contribution in [0.2, 0.25) is 0 Å². The Labute approximate surface area is 175 Å². The summed E-state index contributed by atoms with van der Waals surface area (Å²) >= 11 is 0. The molecule has 0 aliphatic carbocycles. The Hall–Kier alpha value is -3.48. The van der Waals surface area contributed by atoms with Gasteiger partial charge in [0.15, 0.2) is 6.61 Å². The van der Waals surface area contributed by atoms with Crippen molar-refractivity contribution in [3.63, 3.8) is 0 Å². The lowest BCUT2D eigenvalue weighted by atomic mass is 10.1. The number of ether oxygens (including phenoxy) is 1. The van der Waals surface area contributed by atoms with Gasteiger partial charge in [-0.2, -0.15) is 5.10 Å². The Balaban J connectivity index is 1.40. The molecule has 1 heterocycles. The van der Waals surface area contributed by atoms with Crippen molar-refractivity contribution >= 4 is 29.2 Å². The van der Waals surface area contributed by atoms with E-state index in [1.54, 1.807) is 0 Å². The SMILES string of the molecule is Cc1ccc(NC(=O)COC(=O)CCC(=O)N2CCC(c3ccccc3)=N2)c(C)c1. The molecule has 0 radical (unpaired) electrons. The minimum atomic E-state index is -0.592. The lowest BCUT2D eigenvalue weighted by Crippen LogP contribution is -2.25. The van der Waals surface area contributed by atoms with E-state index in [-0.39, 0.29) is 25.4 Å². The summed E-state index contributed by atoms with van der Waals surface area (Å²) in [5.41, 5.74) is 4.55. The van der Waals surface area contributed by atoms with E-state index >= 15 is 0 Å². The van der Waals surface area contributed by atoms with Crippen LogP contribution < -0.4 is 5.32 Å². The molecule has 1 aliphatic rings. The number of anilines is 1. The normalized spacial score (nSPS) is 13.0. The van der Waals surface area contributed by atoms with Gasteiger partial charge in [-0.15, -0.1) is 0 Å². The first kappa shape index (κ1) is 21.2. The molecule has 0 bridgehead atoms. The summed E-state index contributed by atoms with van der Waals surface area (Å²) in [7, 11) is 0. The maximum absolute atomic E-state index is 12.3. The number of rotatable bonds is 7. The molecule has 1 N–H and O–H groups in total. The van der Waals surface area contributed by atoms with Gasteiger partial charge in [0.2, 0.25) is 5.91 Å². The van der Waals surface area contributed by atoms with Gasteiger partial charge in [0.05, 0.1) is 18.7 Å². The highest BCUT2D eigenvalue weighted by molar-refractivity contribution is 6.02. The van der Waals surface area contributed by atoms with E-state index in [0.717, 1.165) is 22.4 Å². The predicted octanol–water partition coefficient (Wildman–Crippen LogP) is 3.20. The molecule has 7 nitrogen and oxygen atoms in total. The molecule has 7 heteroatoms. The summed E-state index contributed by atoms with van der Waals surface area (Å²) in [5.74, 6) is -1.25. The third-order valence-electron chi connectivity index (χ3n) is 4.76. The second kappa shape index (κ2) is 9.82. The zero-order chi connectivity index (χ0) is 21.5. The summed E-state index contributed by atoms with van der Waals surface area (Å²) in [4.78, 5) is 36.2. The van der Waals surface area contributed by atoms with Gasteiger partial charge >= 0.3 is 5.97 Å². The predicted molar refractivity (Wildman–Crippen MR) is 114 cm³/mol. The van der Waals surface area contributed by atoms with Crippen LogP contribution in [0.5, 0.6) is 0 Å². The van der Waals surface area contributed by atoms with Gasteiger partial charge in [0.25, 0.3) is 5.91 Å². The van der Waals surface area contributed by atoms with E-state index in [0.29, 0.717) is 18.7 Å². The van der Waals surface area contributed by atoms with Crippen molar-refractivity contribution in [3.05, 3.63) is 65.2 Å². The number of hydrogen-bond acceptors (Lipinski definition) is 5. The molecule has 0 spiro atoms. The van der Waals surface area contributed by atoms with Crippen molar-refractivity contribution in [3.8, 4) is 0 Å². The molecular weight excluding hydrogens is 382 g/mol. The number of hydrazone groups is 1. The Morgan fingerprint density at radius 3 is 2.57 bits per heavy atom. The third-order valence-corrected chi connectivity index (χ3v) is 4.76. The molecule has 2 aromatic rings. The van der Waals surface area contributed by atoms with Crippen molar-refractivity contribution in [2.24, 2.45) is 5.10 Å². The number of benzene rings is 2. The maximum Gasteiger partial charge on any atom is 0.306 e. The number of nitrogens with one attached hydrogen (secondary N) is 1. The fourth-order valence-electron chi connectivity index (χ4n) is 3.17. The molecule has 0 saturated heterocycles. The number of nitrogens with zero attached hydrogens (tertiary/aromatic N) is 2. The van der Waals surface area contributed by atoms with Gasteiger partial charge in [0, 0.05) is 18.5 Å². The van der Waals surface area contributed by atoms with Crippen LogP contribution in [0.15, 0.2) is 53.6 Å². The standard InChI is InChI=1S/C23H25N3O4/c1-16-8-9-19(17(2)14-16)24-21(27)15-30-23(29)11-10-22(28)26-13-12-20(25-26)18-6-4-3-5-7-18/h3-9,14H,10-13,15H2,1-2H3,(H,24,27). The minimum absolute atomic E-state index is 0.0108. The number of carbonyl (C=O) groups excluding carboxylic acids is 3. The van der Waals surface area contributed by atoms with Gasteiger partial charge in [-0.25, -0.2) is 5.01 Å². The first-order valence-corrected chi connectivity index (χ1v) is 9.88. The first-order valence-electron chi connectivity index (χ1n) is 9.88. The van der Waals surface area contributed by atoms with Crippen molar-refractivity contribution in [1.29, 1.82) is 0 Å². The van der Waals surface area contributed by atoms with Crippen LogP contribution in [0, 0.1) is 13.8 Å². The Bertz CT molecular complexity index is 970. The van der Waals surface area contributed by atoms with Crippen LogP contribution in [-0.2, 0) is 19.1 Å². The molecular formula is C23H25N3O4. The van der Waals surface area contributed by atoms with Crippen molar-refractivity contribution in [2.75, 3.05) is 18.5 Å². The van der Waals surface area contributed by atoms with Gasteiger partial charge < -0.3 is 10.1 Å². The summed E-state index contributed by atoms with van der Waals surface area (Å²) < 4.78 is 4.99. The number of amides is 2.